The molecule has 0 radical (unpaired) electrons. The maximum Gasteiger partial charge on any atom is 0.152 e. The summed E-state index contributed by atoms with van der Waals surface area (Å²) in [6.07, 6.45) is 6.03. The number of rotatable bonds is 3. The average Bonchev–Trinajstić information content (AvgIpc) is 2.77. The third-order valence-corrected chi connectivity index (χ3v) is 3.17. The first-order chi connectivity index (χ1) is 9.28. The Bertz CT molecular complexity index is 737. The zero-order valence-electron chi connectivity index (χ0n) is 9.95. The second kappa shape index (κ2) is 4.82. The number of aldehydes is 1. The molecule has 0 fully saturated rings. The average molecular weight is 272 g/mol. The van der Waals surface area contributed by atoms with Gasteiger partial charge in [-0.05, 0) is 18.2 Å². The van der Waals surface area contributed by atoms with Crippen LogP contribution in [0.15, 0.2) is 42.9 Å². The summed E-state index contributed by atoms with van der Waals surface area (Å²) in [6, 6.07) is 7.24. The van der Waals surface area contributed by atoms with Gasteiger partial charge in [-0.3, -0.25) is 4.79 Å². The van der Waals surface area contributed by atoms with E-state index in [0.717, 1.165) is 17.2 Å². The van der Waals surface area contributed by atoms with E-state index in [9.17, 15) is 4.79 Å². The van der Waals surface area contributed by atoms with Gasteiger partial charge in [0.05, 0.1) is 12.1 Å². The minimum atomic E-state index is 0.505. The third-order valence-electron chi connectivity index (χ3n) is 2.93. The number of carbonyl (C=O) groups is 1. The summed E-state index contributed by atoms with van der Waals surface area (Å²) in [5.41, 5.74) is 1.55. The van der Waals surface area contributed by atoms with Crippen molar-refractivity contribution in [2.45, 2.75) is 6.54 Å². The van der Waals surface area contributed by atoms with Gasteiger partial charge in [0.15, 0.2) is 6.29 Å². The quantitative estimate of drug-likeness (QED) is 0.688. The molecule has 0 aliphatic carbocycles. The van der Waals surface area contributed by atoms with E-state index >= 15 is 0 Å². The molecule has 4 nitrogen and oxygen atoms in total. The highest BCUT2D eigenvalue weighted by Crippen LogP contribution is 2.24. The van der Waals surface area contributed by atoms with Crippen LogP contribution in [0.4, 0.5) is 0 Å². The van der Waals surface area contributed by atoms with Gasteiger partial charge < -0.3 is 4.57 Å². The highest BCUT2D eigenvalue weighted by Gasteiger charge is 2.09. The van der Waals surface area contributed by atoms with Crippen LogP contribution in [-0.2, 0) is 6.54 Å². The molecule has 0 bridgehead atoms. The van der Waals surface area contributed by atoms with Gasteiger partial charge in [-0.1, -0.05) is 17.7 Å². The molecule has 19 heavy (non-hydrogen) atoms. The fraction of sp³-hybridized carbons (Fsp3) is 0.0714. The molecule has 1 aromatic carbocycles. The van der Waals surface area contributed by atoms with Crippen molar-refractivity contribution >= 4 is 28.8 Å². The molecule has 0 aliphatic rings. The first-order valence-electron chi connectivity index (χ1n) is 5.77. The van der Waals surface area contributed by atoms with E-state index in [-0.39, 0.29) is 0 Å². The first kappa shape index (κ1) is 11.9. The molecular weight excluding hydrogens is 262 g/mol. The van der Waals surface area contributed by atoms with E-state index in [1.165, 1.54) is 0 Å². The molecule has 2 aromatic heterocycles. The monoisotopic (exact) mass is 271 g/mol. The Morgan fingerprint density at radius 3 is 2.79 bits per heavy atom. The third kappa shape index (κ3) is 2.22. The van der Waals surface area contributed by atoms with Crippen LogP contribution in [0.1, 0.15) is 16.2 Å². The summed E-state index contributed by atoms with van der Waals surface area (Å²) >= 11 is 6.01. The topological polar surface area (TPSA) is 47.8 Å². The number of benzene rings is 1. The predicted molar refractivity (Wildman–Crippen MR) is 73.5 cm³/mol. The van der Waals surface area contributed by atoms with Gasteiger partial charge in [-0.25, -0.2) is 9.97 Å². The number of carbonyl (C=O) groups excluding carboxylic acids is 1. The second-order valence-corrected chi connectivity index (χ2v) is 4.59. The van der Waals surface area contributed by atoms with Crippen LogP contribution in [0.5, 0.6) is 0 Å². The molecule has 0 saturated carbocycles. The standard InChI is InChI=1S/C14H10ClN3O/c15-11-2-3-12-10(9-19)7-18(13(12)6-11)8-14-16-4-1-5-17-14/h1-7,9H,8H2. The van der Waals surface area contributed by atoms with Crippen molar-refractivity contribution in [3.05, 3.63) is 59.3 Å². The van der Waals surface area contributed by atoms with Crippen molar-refractivity contribution in [3.8, 4) is 0 Å². The summed E-state index contributed by atoms with van der Waals surface area (Å²) in [6.45, 7) is 0.505. The summed E-state index contributed by atoms with van der Waals surface area (Å²) < 4.78 is 1.93. The first-order valence-corrected chi connectivity index (χ1v) is 6.15. The molecule has 94 valence electrons. The number of fused-ring (bicyclic) bond motifs is 1. The maximum absolute atomic E-state index is 11.1. The Balaban J connectivity index is 2.13. The van der Waals surface area contributed by atoms with Gasteiger partial charge in [0.25, 0.3) is 0 Å². The smallest absolute Gasteiger partial charge is 0.152 e. The highest BCUT2D eigenvalue weighted by molar-refractivity contribution is 6.31. The summed E-state index contributed by atoms with van der Waals surface area (Å²) in [4.78, 5) is 19.5. The lowest BCUT2D eigenvalue weighted by atomic mass is 10.2. The largest absolute Gasteiger partial charge is 0.339 e. The lowest BCUT2D eigenvalue weighted by Gasteiger charge is -2.04. The van der Waals surface area contributed by atoms with Crippen molar-refractivity contribution in [2.24, 2.45) is 0 Å². The molecule has 0 N–H and O–H groups in total. The van der Waals surface area contributed by atoms with Gasteiger partial charge in [0.1, 0.15) is 5.82 Å². The van der Waals surface area contributed by atoms with Crippen LogP contribution in [0, 0.1) is 0 Å². The van der Waals surface area contributed by atoms with E-state index < -0.39 is 0 Å². The molecule has 0 spiro atoms. The van der Waals surface area contributed by atoms with Crippen molar-refractivity contribution in [2.75, 3.05) is 0 Å². The van der Waals surface area contributed by atoms with E-state index in [1.54, 1.807) is 30.7 Å². The van der Waals surface area contributed by atoms with Gasteiger partial charge in [0, 0.05) is 34.6 Å². The van der Waals surface area contributed by atoms with Gasteiger partial charge in [0.2, 0.25) is 0 Å². The second-order valence-electron chi connectivity index (χ2n) is 4.16. The zero-order valence-corrected chi connectivity index (χ0v) is 10.7. The summed E-state index contributed by atoms with van der Waals surface area (Å²) in [5, 5.41) is 1.52. The number of hydrogen-bond donors (Lipinski definition) is 0. The molecule has 0 aliphatic heterocycles. The van der Waals surface area contributed by atoms with Crippen molar-refractivity contribution in [3.63, 3.8) is 0 Å². The number of nitrogens with zero attached hydrogens (tertiary/aromatic N) is 3. The van der Waals surface area contributed by atoms with E-state index in [1.807, 2.05) is 16.7 Å². The van der Waals surface area contributed by atoms with Crippen LogP contribution in [0.25, 0.3) is 10.9 Å². The molecule has 3 rings (SSSR count). The molecule has 0 saturated heterocycles. The predicted octanol–water partition coefficient (Wildman–Crippen LogP) is 2.95. The molecular formula is C14H10ClN3O. The van der Waals surface area contributed by atoms with Crippen molar-refractivity contribution in [1.82, 2.24) is 14.5 Å². The number of hydrogen-bond acceptors (Lipinski definition) is 3. The lowest BCUT2D eigenvalue weighted by Crippen LogP contribution is -2.02. The molecule has 5 heteroatoms. The summed E-state index contributed by atoms with van der Waals surface area (Å²) in [7, 11) is 0. The van der Waals surface area contributed by atoms with Crippen molar-refractivity contribution < 1.29 is 4.79 Å². The Morgan fingerprint density at radius 2 is 2.05 bits per heavy atom. The highest BCUT2D eigenvalue weighted by atomic mass is 35.5. The molecule has 3 aromatic rings. The Labute approximate surface area is 114 Å². The lowest BCUT2D eigenvalue weighted by molar-refractivity contribution is 0.112. The SMILES string of the molecule is O=Cc1cn(Cc2ncccn2)c2cc(Cl)ccc12. The maximum atomic E-state index is 11.1. The Morgan fingerprint density at radius 1 is 1.26 bits per heavy atom. The van der Waals surface area contributed by atoms with Gasteiger partial charge in [-0.2, -0.15) is 0 Å². The van der Waals surface area contributed by atoms with Crippen LogP contribution < -0.4 is 0 Å². The minimum Gasteiger partial charge on any atom is -0.339 e. The molecule has 0 unspecified atom stereocenters. The normalized spacial score (nSPS) is 10.8. The van der Waals surface area contributed by atoms with E-state index in [4.69, 9.17) is 11.6 Å². The minimum absolute atomic E-state index is 0.505. The van der Waals surface area contributed by atoms with E-state index in [2.05, 4.69) is 9.97 Å². The van der Waals surface area contributed by atoms with Crippen LogP contribution in [-0.4, -0.2) is 20.8 Å². The van der Waals surface area contributed by atoms with Crippen LogP contribution >= 0.6 is 11.6 Å². The van der Waals surface area contributed by atoms with Crippen LogP contribution in [0.2, 0.25) is 5.02 Å². The number of halogens is 1. The van der Waals surface area contributed by atoms with Gasteiger partial charge in [-0.15, -0.1) is 0 Å². The van der Waals surface area contributed by atoms with E-state index in [0.29, 0.717) is 23.0 Å². The number of aromatic nitrogens is 3. The molecule has 0 amide bonds. The fourth-order valence-corrected chi connectivity index (χ4v) is 2.25. The molecule has 2 heterocycles. The van der Waals surface area contributed by atoms with Gasteiger partial charge >= 0.3 is 0 Å². The fourth-order valence-electron chi connectivity index (χ4n) is 2.08. The molecule has 0 atom stereocenters. The van der Waals surface area contributed by atoms with Crippen molar-refractivity contribution in [1.29, 1.82) is 0 Å². The Kier molecular flexibility index (Phi) is 3.01. The Hall–Kier alpha value is -2.20. The summed E-state index contributed by atoms with van der Waals surface area (Å²) in [5.74, 6) is 0.692. The zero-order chi connectivity index (χ0) is 13.2. The van der Waals surface area contributed by atoms with Crippen LogP contribution in [0.3, 0.4) is 0 Å².